The molecule has 0 aromatic carbocycles. The molecule has 0 aromatic rings. The molecule has 4 N–H and O–H groups in total. The van der Waals surface area contributed by atoms with Gasteiger partial charge in [0, 0.05) is 0 Å². The number of aliphatic hydroxyl groups excluding tert-OH is 4. The van der Waals surface area contributed by atoms with Crippen LogP contribution in [0.15, 0.2) is 0 Å². The Hall–Kier alpha value is -0.160. The van der Waals surface area contributed by atoms with Crippen LogP contribution >= 0.6 is 0 Å². The second-order valence-corrected chi connectivity index (χ2v) is 3.30. The zero-order chi connectivity index (χ0) is 9.94. The lowest BCUT2D eigenvalue weighted by Crippen LogP contribution is -2.53. The van der Waals surface area contributed by atoms with Crippen LogP contribution in [-0.4, -0.2) is 45.3 Å². The van der Waals surface area contributed by atoms with E-state index in [1.165, 1.54) is 20.8 Å². The highest BCUT2D eigenvalue weighted by atomic mass is 16.3. The van der Waals surface area contributed by atoms with Crippen molar-refractivity contribution in [1.82, 2.24) is 0 Å². The minimum absolute atomic E-state index is 0.444. The summed E-state index contributed by atoms with van der Waals surface area (Å²) in [6.07, 6.45) is -2.87. The first-order valence-corrected chi connectivity index (χ1v) is 4.04. The fourth-order valence-corrected chi connectivity index (χ4v) is 1.44. The molecule has 0 bridgehead atoms. The molecule has 12 heavy (non-hydrogen) atoms. The average molecular weight is 178 g/mol. The molecule has 0 aliphatic heterocycles. The highest BCUT2D eigenvalue weighted by Crippen LogP contribution is 2.30. The summed E-state index contributed by atoms with van der Waals surface area (Å²) in [5.74, 6) is 0. The molecule has 0 heterocycles. The van der Waals surface area contributed by atoms with Gasteiger partial charge in [-0.15, -0.1) is 0 Å². The van der Waals surface area contributed by atoms with Gasteiger partial charge in [-0.3, -0.25) is 0 Å². The molecule has 0 amide bonds. The third-order valence-electron chi connectivity index (χ3n) is 2.61. The second-order valence-electron chi connectivity index (χ2n) is 3.30. The normalized spacial score (nSPS) is 24.2. The Kier molecular flexibility index (Phi) is 4.13. The number of hydrogen-bond donors (Lipinski definition) is 4. The predicted molar refractivity (Wildman–Crippen MR) is 44.6 cm³/mol. The van der Waals surface area contributed by atoms with Gasteiger partial charge in [-0.05, 0) is 20.8 Å². The topological polar surface area (TPSA) is 80.9 Å². The molecule has 0 fully saturated rings. The fourth-order valence-electron chi connectivity index (χ4n) is 1.44. The predicted octanol–water partition coefficient (Wildman–Crippen LogP) is -0.893. The van der Waals surface area contributed by atoms with E-state index in [4.69, 9.17) is 5.11 Å². The van der Waals surface area contributed by atoms with E-state index in [1.54, 1.807) is 0 Å². The summed E-state index contributed by atoms with van der Waals surface area (Å²) in [7, 11) is 0. The van der Waals surface area contributed by atoms with E-state index >= 15 is 0 Å². The minimum Gasteiger partial charge on any atom is -0.395 e. The molecule has 4 heteroatoms. The highest BCUT2D eigenvalue weighted by Gasteiger charge is 2.44. The molecule has 0 rings (SSSR count). The SMILES string of the molecule is CC(O)C(CO)(C(C)O)C(C)O. The van der Waals surface area contributed by atoms with Gasteiger partial charge in [0.25, 0.3) is 0 Å². The molecular formula is C8H18O4. The lowest BCUT2D eigenvalue weighted by atomic mass is 9.74. The van der Waals surface area contributed by atoms with Crippen LogP contribution in [0.4, 0.5) is 0 Å². The number of hydrogen-bond acceptors (Lipinski definition) is 4. The van der Waals surface area contributed by atoms with Crippen molar-refractivity contribution < 1.29 is 20.4 Å². The maximum atomic E-state index is 9.32. The van der Waals surface area contributed by atoms with Crippen molar-refractivity contribution in [3.63, 3.8) is 0 Å². The molecule has 0 aliphatic rings. The Bertz CT molecular complexity index is 109. The Morgan fingerprint density at radius 3 is 1.17 bits per heavy atom. The van der Waals surface area contributed by atoms with Crippen molar-refractivity contribution in [2.24, 2.45) is 5.41 Å². The van der Waals surface area contributed by atoms with Crippen molar-refractivity contribution in [1.29, 1.82) is 0 Å². The van der Waals surface area contributed by atoms with Crippen molar-refractivity contribution in [2.45, 2.75) is 39.1 Å². The smallest absolute Gasteiger partial charge is 0.0703 e. The number of aliphatic hydroxyl groups is 4. The van der Waals surface area contributed by atoms with E-state index in [0.29, 0.717) is 0 Å². The van der Waals surface area contributed by atoms with Crippen LogP contribution in [0, 0.1) is 5.41 Å². The maximum absolute atomic E-state index is 9.32. The lowest BCUT2D eigenvalue weighted by molar-refractivity contribution is -0.144. The molecule has 74 valence electrons. The van der Waals surface area contributed by atoms with E-state index in [0.717, 1.165) is 0 Å². The molecule has 0 radical (unpaired) electrons. The summed E-state index contributed by atoms with van der Waals surface area (Å²) in [6, 6.07) is 0. The molecule has 0 aliphatic carbocycles. The Balaban J connectivity index is 4.77. The van der Waals surface area contributed by atoms with Gasteiger partial charge in [0.15, 0.2) is 0 Å². The zero-order valence-corrected chi connectivity index (χ0v) is 7.73. The molecule has 3 unspecified atom stereocenters. The lowest BCUT2D eigenvalue weighted by Gasteiger charge is -2.39. The first-order chi connectivity index (χ1) is 5.39. The number of rotatable bonds is 4. The molecular weight excluding hydrogens is 160 g/mol. The van der Waals surface area contributed by atoms with E-state index in [9.17, 15) is 15.3 Å². The molecule has 0 spiro atoms. The summed E-state index contributed by atoms with van der Waals surface area (Å²) in [4.78, 5) is 0. The van der Waals surface area contributed by atoms with E-state index in [-0.39, 0.29) is 0 Å². The van der Waals surface area contributed by atoms with Crippen LogP contribution in [0.25, 0.3) is 0 Å². The van der Waals surface area contributed by atoms with E-state index in [1.807, 2.05) is 0 Å². The summed E-state index contributed by atoms with van der Waals surface area (Å²) < 4.78 is 0. The van der Waals surface area contributed by atoms with E-state index in [2.05, 4.69) is 0 Å². The van der Waals surface area contributed by atoms with E-state index < -0.39 is 30.3 Å². The Morgan fingerprint density at radius 2 is 1.17 bits per heavy atom. The average Bonchev–Trinajstić information content (AvgIpc) is 1.86. The van der Waals surface area contributed by atoms with Crippen LogP contribution in [0.2, 0.25) is 0 Å². The maximum Gasteiger partial charge on any atom is 0.0703 e. The summed E-state index contributed by atoms with van der Waals surface area (Å²) in [6.45, 7) is 3.88. The van der Waals surface area contributed by atoms with Gasteiger partial charge in [0.05, 0.1) is 30.3 Å². The minimum atomic E-state index is -1.24. The first-order valence-electron chi connectivity index (χ1n) is 4.04. The molecule has 0 saturated heterocycles. The Morgan fingerprint density at radius 1 is 0.917 bits per heavy atom. The van der Waals surface area contributed by atoms with Crippen molar-refractivity contribution in [2.75, 3.05) is 6.61 Å². The third kappa shape index (κ3) is 1.77. The molecule has 3 atom stereocenters. The van der Waals surface area contributed by atoms with Gasteiger partial charge in [-0.25, -0.2) is 0 Å². The quantitative estimate of drug-likeness (QED) is 0.450. The largest absolute Gasteiger partial charge is 0.395 e. The summed E-state index contributed by atoms with van der Waals surface area (Å²) >= 11 is 0. The summed E-state index contributed by atoms with van der Waals surface area (Å²) in [5.41, 5.74) is -1.24. The van der Waals surface area contributed by atoms with Gasteiger partial charge < -0.3 is 20.4 Å². The van der Waals surface area contributed by atoms with Crippen LogP contribution in [0.5, 0.6) is 0 Å². The van der Waals surface area contributed by atoms with Crippen molar-refractivity contribution >= 4 is 0 Å². The van der Waals surface area contributed by atoms with Crippen LogP contribution in [0.3, 0.4) is 0 Å². The fraction of sp³-hybridized carbons (Fsp3) is 1.00. The highest BCUT2D eigenvalue weighted by molar-refractivity contribution is 4.92. The van der Waals surface area contributed by atoms with Crippen LogP contribution in [0.1, 0.15) is 20.8 Å². The van der Waals surface area contributed by atoms with Crippen molar-refractivity contribution in [3.8, 4) is 0 Å². The van der Waals surface area contributed by atoms with Gasteiger partial charge >= 0.3 is 0 Å². The van der Waals surface area contributed by atoms with Crippen LogP contribution < -0.4 is 0 Å². The molecule has 4 nitrogen and oxygen atoms in total. The van der Waals surface area contributed by atoms with Gasteiger partial charge in [-0.2, -0.15) is 0 Å². The van der Waals surface area contributed by atoms with Gasteiger partial charge in [0.2, 0.25) is 0 Å². The zero-order valence-electron chi connectivity index (χ0n) is 7.73. The van der Waals surface area contributed by atoms with Gasteiger partial charge in [0.1, 0.15) is 0 Å². The standard InChI is InChI=1S/C8H18O4/c1-5(10)8(4-9,6(2)11)7(3)12/h5-7,9-12H,4H2,1-3H3. The molecule has 0 aromatic heterocycles. The third-order valence-corrected chi connectivity index (χ3v) is 2.61. The second kappa shape index (κ2) is 4.18. The summed E-state index contributed by atoms with van der Waals surface area (Å²) in [5, 5.41) is 37.0. The van der Waals surface area contributed by atoms with Crippen LogP contribution in [-0.2, 0) is 0 Å². The monoisotopic (exact) mass is 178 g/mol. The van der Waals surface area contributed by atoms with Crippen molar-refractivity contribution in [3.05, 3.63) is 0 Å². The molecule has 0 saturated carbocycles. The Labute approximate surface area is 72.5 Å². The first kappa shape index (κ1) is 11.8. The van der Waals surface area contributed by atoms with Gasteiger partial charge in [-0.1, -0.05) is 0 Å².